The SMILES string of the molecule is CCC(COC)n1cc(Cl)nc(N2CCOc3cc(OC)cc(Br)c32)c1=O. The van der Waals surface area contributed by atoms with Crippen LogP contribution in [0.25, 0.3) is 0 Å². The van der Waals surface area contributed by atoms with Gasteiger partial charge in [-0.25, -0.2) is 4.98 Å². The molecule has 0 radical (unpaired) electrons. The molecule has 0 saturated heterocycles. The molecule has 0 saturated carbocycles. The Bertz CT molecular complexity index is 890. The first kappa shape index (κ1) is 20.0. The molecule has 1 atom stereocenters. The van der Waals surface area contributed by atoms with Crippen molar-refractivity contribution in [3.63, 3.8) is 0 Å². The van der Waals surface area contributed by atoms with Crippen LogP contribution in [0.4, 0.5) is 11.5 Å². The van der Waals surface area contributed by atoms with Gasteiger partial charge in [0.25, 0.3) is 5.56 Å². The first-order valence-electron chi connectivity index (χ1n) is 8.55. The topological polar surface area (TPSA) is 65.8 Å². The lowest BCUT2D eigenvalue weighted by Gasteiger charge is -2.31. The third-order valence-corrected chi connectivity index (χ3v) is 5.23. The zero-order chi connectivity index (χ0) is 19.6. The Kier molecular flexibility index (Phi) is 6.29. The van der Waals surface area contributed by atoms with Gasteiger partial charge in [0.1, 0.15) is 23.3 Å². The van der Waals surface area contributed by atoms with E-state index in [1.807, 2.05) is 17.9 Å². The zero-order valence-electron chi connectivity index (χ0n) is 15.4. The minimum atomic E-state index is -0.223. The molecule has 1 unspecified atom stereocenters. The molecule has 146 valence electrons. The summed E-state index contributed by atoms with van der Waals surface area (Å²) in [5.74, 6) is 1.53. The minimum Gasteiger partial charge on any atom is -0.497 e. The Balaban J connectivity index is 2.14. The molecule has 0 aliphatic carbocycles. The quantitative estimate of drug-likeness (QED) is 0.656. The van der Waals surface area contributed by atoms with Crippen molar-refractivity contribution in [2.24, 2.45) is 0 Å². The highest BCUT2D eigenvalue weighted by atomic mass is 79.9. The van der Waals surface area contributed by atoms with E-state index in [4.69, 9.17) is 25.8 Å². The molecule has 0 N–H and O–H groups in total. The van der Waals surface area contributed by atoms with Crippen LogP contribution in [0, 0.1) is 0 Å². The van der Waals surface area contributed by atoms with Crippen LogP contribution < -0.4 is 19.9 Å². The first-order valence-corrected chi connectivity index (χ1v) is 9.72. The molecule has 27 heavy (non-hydrogen) atoms. The Morgan fingerprint density at radius 2 is 2.19 bits per heavy atom. The third-order valence-electron chi connectivity index (χ3n) is 4.44. The highest BCUT2D eigenvalue weighted by molar-refractivity contribution is 9.10. The van der Waals surface area contributed by atoms with Gasteiger partial charge in [-0.2, -0.15) is 0 Å². The predicted molar refractivity (Wildman–Crippen MR) is 108 cm³/mol. The van der Waals surface area contributed by atoms with Gasteiger partial charge in [0, 0.05) is 23.8 Å². The van der Waals surface area contributed by atoms with Crippen LogP contribution in [0.5, 0.6) is 11.5 Å². The average Bonchev–Trinajstić information content (AvgIpc) is 2.67. The van der Waals surface area contributed by atoms with Gasteiger partial charge in [-0.3, -0.25) is 4.79 Å². The van der Waals surface area contributed by atoms with E-state index in [0.29, 0.717) is 31.3 Å². The van der Waals surface area contributed by atoms with Gasteiger partial charge in [-0.05, 0) is 28.4 Å². The van der Waals surface area contributed by atoms with Gasteiger partial charge in [-0.15, -0.1) is 0 Å². The Labute approximate surface area is 170 Å². The number of aromatic nitrogens is 2. The van der Waals surface area contributed by atoms with Crippen LogP contribution in [0.15, 0.2) is 27.6 Å². The lowest BCUT2D eigenvalue weighted by Crippen LogP contribution is -2.37. The summed E-state index contributed by atoms with van der Waals surface area (Å²) >= 11 is 9.80. The van der Waals surface area contributed by atoms with Gasteiger partial charge in [-0.1, -0.05) is 18.5 Å². The van der Waals surface area contributed by atoms with Crippen molar-refractivity contribution in [2.75, 3.05) is 38.9 Å². The maximum Gasteiger partial charge on any atom is 0.294 e. The molecule has 7 nitrogen and oxygen atoms in total. The number of benzene rings is 1. The van der Waals surface area contributed by atoms with E-state index in [2.05, 4.69) is 20.9 Å². The molecule has 0 fully saturated rings. The molecule has 0 amide bonds. The van der Waals surface area contributed by atoms with E-state index >= 15 is 0 Å². The fourth-order valence-corrected chi connectivity index (χ4v) is 3.93. The van der Waals surface area contributed by atoms with E-state index < -0.39 is 0 Å². The molecule has 1 aromatic carbocycles. The molecule has 2 heterocycles. The Morgan fingerprint density at radius 3 is 2.85 bits per heavy atom. The number of fused-ring (bicyclic) bond motifs is 1. The smallest absolute Gasteiger partial charge is 0.294 e. The number of halogens is 2. The molecular formula is C18H21BrClN3O4. The highest BCUT2D eigenvalue weighted by Gasteiger charge is 2.28. The summed E-state index contributed by atoms with van der Waals surface area (Å²) < 4.78 is 18.7. The molecule has 1 aliphatic heterocycles. The average molecular weight is 459 g/mol. The number of rotatable bonds is 6. The van der Waals surface area contributed by atoms with Gasteiger partial charge >= 0.3 is 0 Å². The lowest BCUT2D eigenvalue weighted by molar-refractivity contribution is 0.151. The van der Waals surface area contributed by atoms with Crippen molar-refractivity contribution in [1.82, 2.24) is 9.55 Å². The number of methoxy groups -OCH3 is 2. The second-order valence-electron chi connectivity index (χ2n) is 6.07. The van der Waals surface area contributed by atoms with Crippen molar-refractivity contribution >= 4 is 39.0 Å². The summed E-state index contributed by atoms with van der Waals surface area (Å²) in [6.07, 6.45) is 2.29. The number of hydrogen-bond acceptors (Lipinski definition) is 6. The Morgan fingerprint density at radius 1 is 1.41 bits per heavy atom. The van der Waals surface area contributed by atoms with Gasteiger partial charge in [0.2, 0.25) is 5.82 Å². The van der Waals surface area contributed by atoms with E-state index in [9.17, 15) is 4.79 Å². The highest BCUT2D eigenvalue weighted by Crippen LogP contribution is 2.43. The van der Waals surface area contributed by atoms with Crippen molar-refractivity contribution in [2.45, 2.75) is 19.4 Å². The van der Waals surface area contributed by atoms with E-state index in [1.165, 1.54) is 0 Å². The predicted octanol–water partition coefficient (Wildman–Crippen LogP) is 3.80. The Hall–Kier alpha value is -1.77. The third kappa shape index (κ3) is 3.93. The van der Waals surface area contributed by atoms with Crippen molar-refractivity contribution in [3.8, 4) is 11.5 Å². The summed E-state index contributed by atoms with van der Waals surface area (Å²) in [4.78, 5) is 19.4. The normalized spacial score (nSPS) is 14.5. The summed E-state index contributed by atoms with van der Waals surface area (Å²) in [7, 11) is 3.20. The summed E-state index contributed by atoms with van der Waals surface area (Å²) in [5.41, 5.74) is 0.499. The number of hydrogen-bond donors (Lipinski definition) is 0. The standard InChI is InChI=1S/C18H21BrClN3O4/c1-4-11(10-25-2)23-9-15(20)21-17(18(23)24)22-5-6-27-14-8-12(26-3)7-13(19)16(14)22/h7-9,11H,4-6,10H2,1-3H3. The maximum atomic E-state index is 13.2. The van der Waals surface area contributed by atoms with Crippen molar-refractivity contribution < 1.29 is 14.2 Å². The summed E-state index contributed by atoms with van der Waals surface area (Å²) in [5, 5.41) is 0.247. The number of nitrogens with zero attached hydrogens (tertiary/aromatic N) is 3. The molecule has 2 aromatic rings. The van der Waals surface area contributed by atoms with E-state index in [1.54, 1.807) is 31.0 Å². The number of ether oxygens (including phenoxy) is 3. The van der Waals surface area contributed by atoms with Crippen LogP contribution in [0.3, 0.4) is 0 Å². The van der Waals surface area contributed by atoms with Crippen LogP contribution >= 0.6 is 27.5 Å². The lowest BCUT2D eigenvalue weighted by atomic mass is 10.2. The van der Waals surface area contributed by atoms with Gasteiger partial charge in [0.15, 0.2) is 0 Å². The summed E-state index contributed by atoms with van der Waals surface area (Å²) in [6, 6.07) is 3.49. The maximum absolute atomic E-state index is 13.2. The monoisotopic (exact) mass is 457 g/mol. The molecule has 1 aromatic heterocycles. The number of anilines is 2. The molecule has 1 aliphatic rings. The van der Waals surface area contributed by atoms with E-state index in [0.717, 1.165) is 16.6 Å². The van der Waals surface area contributed by atoms with Crippen molar-refractivity contribution in [1.29, 1.82) is 0 Å². The molecule has 9 heteroatoms. The van der Waals surface area contributed by atoms with Crippen LogP contribution in [-0.4, -0.2) is 43.5 Å². The van der Waals surface area contributed by atoms with E-state index in [-0.39, 0.29) is 22.6 Å². The van der Waals surface area contributed by atoms with Gasteiger partial charge in [0.05, 0.1) is 32.0 Å². The fraction of sp³-hybridized carbons (Fsp3) is 0.444. The second-order valence-corrected chi connectivity index (χ2v) is 7.31. The molecule has 0 bridgehead atoms. The zero-order valence-corrected chi connectivity index (χ0v) is 17.7. The van der Waals surface area contributed by atoms with Crippen LogP contribution in [0.1, 0.15) is 19.4 Å². The fourth-order valence-electron chi connectivity index (χ4n) is 3.11. The largest absolute Gasteiger partial charge is 0.497 e. The molecular weight excluding hydrogens is 438 g/mol. The van der Waals surface area contributed by atoms with Crippen LogP contribution in [0.2, 0.25) is 5.15 Å². The minimum absolute atomic E-state index is 0.124. The second kappa shape index (κ2) is 8.50. The van der Waals surface area contributed by atoms with Crippen LogP contribution in [-0.2, 0) is 4.74 Å². The molecule has 0 spiro atoms. The van der Waals surface area contributed by atoms with Gasteiger partial charge < -0.3 is 23.7 Å². The first-order chi connectivity index (χ1) is 13.0. The van der Waals surface area contributed by atoms with Crippen molar-refractivity contribution in [3.05, 3.63) is 38.3 Å². The summed E-state index contributed by atoms with van der Waals surface area (Å²) in [6.45, 7) is 3.30. The molecule has 3 rings (SSSR count).